The zero-order valence-corrected chi connectivity index (χ0v) is 19.8. The van der Waals surface area contributed by atoms with E-state index in [1.165, 1.54) is 11.8 Å². The van der Waals surface area contributed by atoms with Gasteiger partial charge in [-0.3, -0.25) is 4.79 Å². The number of ether oxygens (including phenoxy) is 1. The average molecular weight is 472 g/mol. The van der Waals surface area contributed by atoms with Crippen molar-refractivity contribution in [2.24, 2.45) is 0 Å². The summed E-state index contributed by atoms with van der Waals surface area (Å²) in [5.41, 5.74) is 6.08. The summed E-state index contributed by atoms with van der Waals surface area (Å²) < 4.78 is 7.48. The van der Waals surface area contributed by atoms with E-state index in [-0.39, 0.29) is 11.9 Å². The first kappa shape index (κ1) is 22.5. The number of nitrogens with one attached hydrogen (secondary N) is 2. The van der Waals surface area contributed by atoms with Crippen LogP contribution >= 0.6 is 23.4 Å². The summed E-state index contributed by atoms with van der Waals surface area (Å²) in [7, 11) is 0. The lowest BCUT2D eigenvalue weighted by molar-refractivity contribution is -0.116. The molecule has 9 heteroatoms. The number of aromatic nitrogens is 3. The van der Waals surface area contributed by atoms with Crippen molar-refractivity contribution < 1.29 is 9.53 Å². The molecule has 1 aromatic heterocycles. The molecule has 1 amide bonds. The van der Waals surface area contributed by atoms with Gasteiger partial charge in [-0.15, -0.1) is 10.2 Å². The second-order valence-corrected chi connectivity index (χ2v) is 9.10. The average Bonchev–Trinajstić information content (AvgIpc) is 3.18. The number of hydrogen-bond acceptors (Lipinski definition) is 6. The van der Waals surface area contributed by atoms with E-state index in [1.54, 1.807) is 6.07 Å². The third-order valence-corrected chi connectivity index (χ3v) is 6.85. The number of benzene rings is 2. The number of halogens is 1. The lowest BCUT2D eigenvalue weighted by Gasteiger charge is -2.33. The second-order valence-electron chi connectivity index (χ2n) is 7.58. The summed E-state index contributed by atoms with van der Waals surface area (Å²) in [5, 5.41) is 12.5. The smallest absolute Gasteiger partial charge is 0.240 e. The summed E-state index contributed by atoms with van der Waals surface area (Å²) in [6.45, 7) is 6.58. The topological polar surface area (TPSA) is 81.1 Å². The van der Waals surface area contributed by atoms with Gasteiger partial charge in [-0.2, -0.15) is 0 Å². The number of carbonyl (C=O) groups excluding carboxylic acids is 1. The third kappa shape index (κ3) is 4.71. The van der Waals surface area contributed by atoms with Crippen molar-refractivity contribution in [3.8, 4) is 5.75 Å². The van der Waals surface area contributed by atoms with Crippen LogP contribution in [0.3, 0.4) is 0 Å². The number of thioether (sulfide) groups is 1. The summed E-state index contributed by atoms with van der Waals surface area (Å²) in [4.78, 5) is 13.4. The van der Waals surface area contributed by atoms with E-state index in [0.717, 1.165) is 35.5 Å². The minimum atomic E-state index is -0.459. The molecular formula is C23H26ClN5O2S. The normalized spacial score (nSPS) is 17.4. The number of nitrogens with zero attached hydrogens (tertiary/aromatic N) is 3. The van der Waals surface area contributed by atoms with Crippen LogP contribution < -0.4 is 15.5 Å². The van der Waals surface area contributed by atoms with E-state index < -0.39 is 5.25 Å². The molecule has 0 bridgehead atoms. The van der Waals surface area contributed by atoms with Gasteiger partial charge in [0.05, 0.1) is 12.6 Å². The number of fused-ring (bicyclic) bond motifs is 1. The van der Waals surface area contributed by atoms with Gasteiger partial charge in [-0.05, 0) is 55.7 Å². The molecule has 168 valence electrons. The summed E-state index contributed by atoms with van der Waals surface area (Å²) in [5.74, 6) is 1.52. The van der Waals surface area contributed by atoms with Crippen molar-refractivity contribution in [3.05, 3.63) is 64.4 Å². The van der Waals surface area contributed by atoms with Gasteiger partial charge < -0.3 is 15.5 Å². The molecule has 3 aromatic rings. The van der Waals surface area contributed by atoms with E-state index in [2.05, 4.69) is 27.9 Å². The Morgan fingerprint density at radius 1 is 1.22 bits per heavy atom. The van der Waals surface area contributed by atoms with Crippen LogP contribution in [0.25, 0.3) is 0 Å². The Bertz CT molecular complexity index is 1100. The number of carbonyl (C=O) groups is 1. The molecule has 0 saturated carbocycles. The minimum Gasteiger partial charge on any atom is -0.494 e. The predicted octanol–water partition coefficient (Wildman–Crippen LogP) is 4.99. The van der Waals surface area contributed by atoms with Gasteiger partial charge in [0, 0.05) is 17.1 Å². The van der Waals surface area contributed by atoms with Gasteiger partial charge in [0.25, 0.3) is 0 Å². The zero-order valence-electron chi connectivity index (χ0n) is 18.3. The highest BCUT2D eigenvalue weighted by atomic mass is 35.5. The molecule has 32 heavy (non-hydrogen) atoms. The number of hydrogen-bond donors (Lipinski definition) is 2. The first-order valence-corrected chi connectivity index (χ1v) is 11.9. The molecule has 0 fully saturated rings. The van der Waals surface area contributed by atoms with Crippen LogP contribution in [-0.2, 0) is 11.2 Å². The Labute approximate surface area is 196 Å². The van der Waals surface area contributed by atoms with Gasteiger partial charge >= 0.3 is 0 Å². The lowest BCUT2D eigenvalue weighted by Crippen LogP contribution is -2.41. The first-order valence-electron chi connectivity index (χ1n) is 10.7. The quantitative estimate of drug-likeness (QED) is 0.505. The molecule has 0 spiro atoms. The van der Waals surface area contributed by atoms with Crippen molar-refractivity contribution in [1.29, 1.82) is 0 Å². The summed E-state index contributed by atoms with van der Waals surface area (Å²) in [6.07, 6.45) is 1.76. The largest absolute Gasteiger partial charge is 0.494 e. The molecule has 2 N–H and O–H groups in total. The fourth-order valence-corrected chi connectivity index (χ4v) is 4.84. The van der Waals surface area contributed by atoms with Crippen LogP contribution in [0.5, 0.6) is 5.75 Å². The molecule has 7 nitrogen and oxygen atoms in total. The molecule has 2 atom stereocenters. The van der Waals surface area contributed by atoms with Gasteiger partial charge in [0.15, 0.2) is 5.82 Å². The molecule has 4 rings (SSSR count). The van der Waals surface area contributed by atoms with E-state index >= 15 is 0 Å². The number of amides is 1. The highest BCUT2D eigenvalue weighted by Gasteiger charge is 2.37. The Kier molecular flexibility index (Phi) is 6.91. The Hall–Kier alpha value is -2.71. The molecule has 0 unspecified atom stereocenters. The van der Waals surface area contributed by atoms with Crippen LogP contribution in [0.1, 0.15) is 43.3 Å². The van der Waals surface area contributed by atoms with E-state index in [1.807, 2.05) is 54.9 Å². The van der Waals surface area contributed by atoms with Gasteiger partial charge in [-0.1, -0.05) is 48.5 Å². The van der Waals surface area contributed by atoms with Crippen LogP contribution in [-0.4, -0.2) is 32.6 Å². The van der Waals surface area contributed by atoms with Crippen LogP contribution in [0.4, 0.5) is 5.69 Å². The van der Waals surface area contributed by atoms with Gasteiger partial charge in [0.2, 0.25) is 11.1 Å². The number of aryl methyl sites for hydroxylation is 2. The van der Waals surface area contributed by atoms with E-state index in [4.69, 9.17) is 16.3 Å². The standard InChI is InChI=1S/C23H26ClN5O2S/c1-4-6-19-26-27-23-29(19)28-20(15-8-11-17(12-9-15)31-5-2)21(32-23)22(30)25-16-10-7-14(3)18(24)13-16/h7-13,20-21,28H,4-6H2,1-3H3,(H,25,30)/t20-,21-/m0/s1. The third-order valence-electron chi connectivity index (χ3n) is 5.23. The molecule has 1 aliphatic rings. The lowest BCUT2D eigenvalue weighted by atomic mass is 10.0. The maximum absolute atomic E-state index is 13.4. The van der Waals surface area contributed by atoms with E-state index in [0.29, 0.717) is 22.5 Å². The van der Waals surface area contributed by atoms with Gasteiger partial charge in [0.1, 0.15) is 11.0 Å². The minimum absolute atomic E-state index is 0.132. The van der Waals surface area contributed by atoms with Gasteiger partial charge in [-0.25, -0.2) is 4.68 Å². The van der Waals surface area contributed by atoms with Crippen molar-refractivity contribution >= 4 is 35.0 Å². The summed E-state index contributed by atoms with van der Waals surface area (Å²) in [6, 6.07) is 13.1. The Balaban J connectivity index is 1.64. The fraction of sp³-hybridized carbons (Fsp3) is 0.348. The van der Waals surface area contributed by atoms with Crippen LogP contribution in [0.15, 0.2) is 47.6 Å². The zero-order chi connectivity index (χ0) is 22.7. The van der Waals surface area contributed by atoms with Crippen molar-refractivity contribution in [2.45, 2.75) is 50.1 Å². The monoisotopic (exact) mass is 471 g/mol. The second kappa shape index (κ2) is 9.83. The molecule has 0 saturated heterocycles. The maximum atomic E-state index is 13.4. The molecule has 2 aromatic carbocycles. The first-order chi connectivity index (χ1) is 15.5. The SMILES string of the molecule is CCCc1nnc2n1N[C@@H](c1ccc(OCC)cc1)[C@@H](C(=O)Nc1ccc(C)c(Cl)c1)S2. The summed E-state index contributed by atoms with van der Waals surface area (Å²) >= 11 is 7.65. The fourth-order valence-electron chi connectivity index (χ4n) is 3.56. The van der Waals surface area contributed by atoms with Crippen molar-refractivity contribution in [3.63, 3.8) is 0 Å². The molecule has 2 heterocycles. The van der Waals surface area contributed by atoms with Crippen molar-refractivity contribution in [1.82, 2.24) is 14.9 Å². The molecule has 1 aliphatic heterocycles. The molecular weight excluding hydrogens is 446 g/mol. The predicted molar refractivity (Wildman–Crippen MR) is 128 cm³/mol. The van der Waals surface area contributed by atoms with Crippen LogP contribution in [0.2, 0.25) is 5.02 Å². The van der Waals surface area contributed by atoms with Crippen molar-refractivity contribution in [2.75, 3.05) is 17.3 Å². The Morgan fingerprint density at radius 2 is 2.00 bits per heavy atom. The molecule has 0 radical (unpaired) electrons. The molecule has 0 aliphatic carbocycles. The van der Waals surface area contributed by atoms with E-state index in [9.17, 15) is 4.79 Å². The Morgan fingerprint density at radius 3 is 2.69 bits per heavy atom. The van der Waals surface area contributed by atoms with Crippen LogP contribution in [0, 0.1) is 6.92 Å². The number of rotatable bonds is 7. The highest BCUT2D eigenvalue weighted by Crippen LogP contribution is 2.38. The maximum Gasteiger partial charge on any atom is 0.240 e. The highest BCUT2D eigenvalue weighted by molar-refractivity contribution is 8.00. The number of anilines is 1.